The summed E-state index contributed by atoms with van der Waals surface area (Å²) in [6.45, 7) is 5.01. The maximum absolute atomic E-state index is 13.3. The van der Waals surface area contributed by atoms with Crippen molar-refractivity contribution in [1.82, 2.24) is 14.5 Å². The molecule has 7 nitrogen and oxygen atoms in total. The van der Waals surface area contributed by atoms with Crippen LogP contribution in [0.25, 0.3) is 22.6 Å². The normalized spacial score (nSPS) is 14.5. The average molecular weight is 486 g/mol. The lowest BCUT2D eigenvalue weighted by Crippen LogP contribution is -2.22. The van der Waals surface area contributed by atoms with E-state index in [2.05, 4.69) is 23.8 Å². The summed E-state index contributed by atoms with van der Waals surface area (Å²) in [6.07, 6.45) is 2.40. The topological polar surface area (TPSA) is 86.5 Å². The number of imidazole rings is 1. The van der Waals surface area contributed by atoms with Gasteiger partial charge >= 0.3 is 5.97 Å². The van der Waals surface area contributed by atoms with Gasteiger partial charge in [0.15, 0.2) is 0 Å². The van der Waals surface area contributed by atoms with Gasteiger partial charge in [-0.3, -0.25) is 9.78 Å². The molecule has 0 aliphatic heterocycles. The van der Waals surface area contributed by atoms with Gasteiger partial charge in [0.25, 0.3) is 6.43 Å². The molecule has 3 aromatic rings. The Labute approximate surface area is 202 Å². The van der Waals surface area contributed by atoms with Crippen LogP contribution in [-0.4, -0.2) is 38.8 Å². The third-order valence-electron chi connectivity index (χ3n) is 6.08. The van der Waals surface area contributed by atoms with Gasteiger partial charge in [-0.2, -0.15) is 0 Å². The Hall–Kier alpha value is -3.33. The Bertz CT molecular complexity index is 1140. The van der Waals surface area contributed by atoms with Crippen LogP contribution < -0.4 is 4.74 Å². The highest BCUT2D eigenvalue weighted by Crippen LogP contribution is 2.46. The second-order valence-electron chi connectivity index (χ2n) is 9.31. The molecule has 4 rings (SSSR count). The van der Waals surface area contributed by atoms with Crippen LogP contribution in [0.5, 0.6) is 5.75 Å². The maximum atomic E-state index is 13.3. The number of pyridine rings is 1. The van der Waals surface area contributed by atoms with Crippen molar-refractivity contribution < 1.29 is 28.2 Å². The monoisotopic (exact) mass is 485 g/mol. The zero-order chi connectivity index (χ0) is 25.0. The number of halogens is 2. The summed E-state index contributed by atoms with van der Waals surface area (Å²) in [4.78, 5) is 19.9. The van der Waals surface area contributed by atoms with E-state index in [1.807, 2.05) is 12.1 Å². The SMILES string of the molecule is CC(C)CCOCn1cc(C(F)F)nc1-c1ccc(-c2ccc(OCC3(C(=O)O)CC3)cc2)nc1. The lowest BCUT2D eigenvalue weighted by atomic mass is 10.1. The molecule has 0 amide bonds. The molecule has 186 valence electrons. The fourth-order valence-electron chi connectivity index (χ4n) is 3.56. The van der Waals surface area contributed by atoms with Crippen LogP contribution >= 0.6 is 0 Å². The van der Waals surface area contributed by atoms with Gasteiger partial charge in [-0.25, -0.2) is 13.8 Å². The van der Waals surface area contributed by atoms with Gasteiger partial charge in [-0.15, -0.1) is 0 Å². The van der Waals surface area contributed by atoms with Crippen molar-refractivity contribution in [2.24, 2.45) is 11.3 Å². The van der Waals surface area contributed by atoms with E-state index in [1.165, 1.54) is 6.20 Å². The Morgan fingerprint density at radius 3 is 2.43 bits per heavy atom. The predicted molar refractivity (Wildman–Crippen MR) is 126 cm³/mol. The van der Waals surface area contributed by atoms with E-state index < -0.39 is 17.8 Å². The largest absolute Gasteiger partial charge is 0.492 e. The molecule has 0 unspecified atom stereocenters. The number of hydrogen-bond donors (Lipinski definition) is 1. The Morgan fingerprint density at radius 2 is 1.86 bits per heavy atom. The second-order valence-corrected chi connectivity index (χ2v) is 9.31. The van der Waals surface area contributed by atoms with Gasteiger partial charge in [0.05, 0.1) is 5.69 Å². The predicted octanol–water partition coefficient (Wildman–Crippen LogP) is 5.81. The third-order valence-corrected chi connectivity index (χ3v) is 6.08. The summed E-state index contributed by atoms with van der Waals surface area (Å²) < 4.78 is 39.5. The fourth-order valence-corrected chi connectivity index (χ4v) is 3.56. The maximum Gasteiger partial charge on any atom is 0.313 e. The molecule has 1 N–H and O–H groups in total. The van der Waals surface area contributed by atoms with E-state index in [1.54, 1.807) is 35.0 Å². The van der Waals surface area contributed by atoms with Gasteiger partial charge in [0, 0.05) is 30.1 Å². The summed E-state index contributed by atoms with van der Waals surface area (Å²) >= 11 is 0. The van der Waals surface area contributed by atoms with Crippen molar-refractivity contribution in [3.8, 4) is 28.4 Å². The quantitative estimate of drug-likeness (QED) is 0.326. The number of benzene rings is 1. The lowest BCUT2D eigenvalue weighted by molar-refractivity contribution is -0.144. The zero-order valence-electron chi connectivity index (χ0n) is 19.8. The molecule has 9 heteroatoms. The van der Waals surface area contributed by atoms with Crippen molar-refractivity contribution in [2.45, 2.75) is 46.3 Å². The van der Waals surface area contributed by atoms with Crippen molar-refractivity contribution in [2.75, 3.05) is 13.2 Å². The fraction of sp³-hybridized carbons (Fsp3) is 0.423. The highest BCUT2D eigenvalue weighted by molar-refractivity contribution is 5.78. The first-order valence-corrected chi connectivity index (χ1v) is 11.6. The number of aliphatic carboxylic acids is 1. The molecule has 1 aliphatic rings. The van der Waals surface area contributed by atoms with Crippen LogP contribution in [0.4, 0.5) is 8.78 Å². The Morgan fingerprint density at radius 1 is 1.14 bits per heavy atom. The first kappa shape index (κ1) is 24.8. The smallest absolute Gasteiger partial charge is 0.313 e. The first-order valence-electron chi connectivity index (χ1n) is 11.6. The zero-order valence-corrected chi connectivity index (χ0v) is 19.8. The summed E-state index contributed by atoms with van der Waals surface area (Å²) in [5.74, 6) is 0.643. The Kier molecular flexibility index (Phi) is 7.45. The van der Waals surface area contributed by atoms with Gasteiger partial charge in [0.2, 0.25) is 0 Å². The van der Waals surface area contributed by atoms with E-state index >= 15 is 0 Å². The van der Waals surface area contributed by atoms with E-state index in [9.17, 15) is 18.7 Å². The lowest BCUT2D eigenvalue weighted by Gasteiger charge is -2.12. The molecular weight excluding hydrogens is 456 g/mol. The molecule has 1 aromatic carbocycles. The Balaban J connectivity index is 1.44. The number of hydrogen-bond acceptors (Lipinski definition) is 5. The highest BCUT2D eigenvalue weighted by Gasteiger charge is 2.51. The first-order chi connectivity index (χ1) is 16.8. The van der Waals surface area contributed by atoms with Crippen LogP contribution in [0.15, 0.2) is 48.8 Å². The van der Waals surface area contributed by atoms with Gasteiger partial charge < -0.3 is 19.1 Å². The molecule has 35 heavy (non-hydrogen) atoms. The summed E-state index contributed by atoms with van der Waals surface area (Å²) in [5.41, 5.74) is 1.10. The van der Waals surface area contributed by atoms with E-state index in [0.29, 0.717) is 48.2 Å². The second kappa shape index (κ2) is 10.5. The van der Waals surface area contributed by atoms with Crippen molar-refractivity contribution in [3.63, 3.8) is 0 Å². The van der Waals surface area contributed by atoms with Crippen LogP contribution in [0.1, 0.15) is 45.2 Å². The average Bonchev–Trinajstić information content (AvgIpc) is 3.52. The minimum absolute atomic E-state index is 0.133. The van der Waals surface area contributed by atoms with Crippen molar-refractivity contribution in [1.29, 1.82) is 0 Å². The van der Waals surface area contributed by atoms with Gasteiger partial charge in [0.1, 0.15) is 36.0 Å². The van der Waals surface area contributed by atoms with E-state index in [-0.39, 0.29) is 19.0 Å². The highest BCUT2D eigenvalue weighted by atomic mass is 19.3. The molecule has 2 aromatic heterocycles. The van der Waals surface area contributed by atoms with Crippen LogP contribution in [-0.2, 0) is 16.3 Å². The number of rotatable bonds is 12. The number of carboxylic acid groups (broad SMARTS) is 1. The van der Waals surface area contributed by atoms with Crippen molar-refractivity contribution in [3.05, 3.63) is 54.5 Å². The molecule has 1 fully saturated rings. The summed E-state index contributed by atoms with van der Waals surface area (Å²) in [6, 6.07) is 10.8. The molecule has 0 bridgehead atoms. The van der Waals surface area contributed by atoms with E-state index in [0.717, 1.165) is 12.0 Å². The summed E-state index contributed by atoms with van der Waals surface area (Å²) in [7, 11) is 0. The third kappa shape index (κ3) is 6.03. The van der Waals surface area contributed by atoms with Crippen LogP contribution in [0, 0.1) is 11.3 Å². The number of carboxylic acids is 1. The molecule has 0 saturated heterocycles. The number of alkyl halides is 2. The van der Waals surface area contributed by atoms with Gasteiger partial charge in [-0.1, -0.05) is 13.8 Å². The molecule has 0 spiro atoms. The molecule has 1 aliphatic carbocycles. The molecule has 0 radical (unpaired) electrons. The van der Waals surface area contributed by atoms with E-state index in [4.69, 9.17) is 9.47 Å². The summed E-state index contributed by atoms with van der Waals surface area (Å²) in [5, 5.41) is 9.26. The molecular formula is C26H29F2N3O4. The van der Waals surface area contributed by atoms with Crippen molar-refractivity contribution >= 4 is 5.97 Å². The molecule has 2 heterocycles. The van der Waals surface area contributed by atoms with Crippen LogP contribution in [0.2, 0.25) is 0 Å². The number of ether oxygens (including phenoxy) is 2. The van der Waals surface area contributed by atoms with Crippen LogP contribution in [0.3, 0.4) is 0 Å². The molecule has 0 atom stereocenters. The number of carbonyl (C=O) groups is 1. The minimum Gasteiger partial charge on any atom is -0.492 e. The molecule has 1 saturated carbocycles. The number of nitrogens with zero attached hydrogens (tertiary/aromatic N) is 3. The number of aromatic nitrogens is 3. The standard InChI is InChI=1S/C26H29F2N3O4/c1-17(2)9-12-34-16-31-14-22(23(27)28)30-24(31)19-5-8-21(29-13-19)18-3-6-20(7-4-18)35-15-26(10-11-26)25(32)33/h3-8,13-14,17,23H,9-12,15-16H2,1-2H3,(H,32,33). The minimum atomic E-state index is -2.68. The van der Waals surface area contributed by atoms with Gasteiger partial charge in [-0.05, 0) is 61.6 Å².